The Morgan fingerprint density at radius 3 is 2.60 bits per heavy atom. The Kier molecular flexibility index (Phi) is 8.05. The molecule has 0 aliphatic carbocycles. The topological polar surface area (TPSA) is 38.0 Å². The highest BCUT2D eigenvalue weighted by molar-refractivity contribution is 7.80. The molecule has 84 valence electrons. The van der Waals surface area contributed by atoms with E-state index in [2.05, 4.69) is 12.2 Å². The molecule has 0 radical (unpaired) electrons. The molecule has 0 aromatic carbocycles. The molecule has 0 rings (SSSR count). The van der Waals surface area contributed by atoms with Gasteiger partial charge in [0.15, 0.2) is 5.11 Å². The molecule has 0 fully saturated rings. The molecule has 0 atom stereocenters. The maximum Gasteiger partial charge on any atom is 0.168 e. The molecule has 4 heteroatoms. The van der Waals surface area contributed by atoms with Crippen molar-refractivity contribution in [3.8, 4) is 0 Å². The zero-order valence-corrected chi connectivity index (χ0v) is 10.7. The molecule has 0 heterocycles. The van der Waals surface area contributed by atoms with Crippen LogP contribution in [0.25, 0.3) is 0 Å². The predicted molar refractivity (Wildman–Crippen MR) is 71.7 cm³/mol. The van der Waals surface area contributed by atoms with Crippen LogP contribution in [0.5, 0.6) is 0 Å². The van der Waals surface area contributed by atoms with Crippen LogP contribution in [0.4, 0.5) is 0 Å². The Labute approximate surface area is 102 Å². The Balaban J connectivity index is 4.50. The molecule has 2 nitrogen and oxygen atoms in total. The average molecular weight is 245 g/mol. The summed E-state index contributed by atoms with van der Waals surface area (Å²) in [5, 5.41) is 3.84. The minimum Gasteiger partial charge on any atom is -0.376 e. The SMILES string of the molecule is C\C=C(Cl)/C=C\C(=C\CCC)NC(N)=S. The zero-order chi connectivity index (χ0) is 11.7. The van der Waals surface area contributed by atoms with Gasteiger partial charge in [-0.25, -0.2) is 0 Å². The minimum absolute atomic E-state index is 0.263. The number of nitrogens with one attached hydrogen (secondary N) is 1. The molecule has 0 aromatic heterocycles. The van der Waals surface area contributed by atoms with E-state index in [1.54, 1.807) is 6.08 Å². The lowest BCUT2D eigenvalue weighted by Gasteiger charge is -2.04. The minimum atomic E-state index is 0.263. The Bertz CT molecular complexity index is 293. The van der Waals surface area contributed by atoms with Crippen LogP contribution in [0.15, 0.2) is 35.0 Å². The number of unbranched alkanes of at least 4 members (excludes halogenated alkanes) is 1. The molecular formula is C11H17ClN2S. The monoisotopic (exact) mass is 244 g/mol. The van der Waals surface area contributed by atoms with Crippen LogP contribution in [0, 0.1) is 0 Å². The molecule has 3 N–H and O–H groups in total. The highest BCUT2D eigenvalue weighted by Crippen LogP contribution is 2.05. The van der Waals surface area contributed by atoms with Crippen molar-refractivity contribution in [2.24, 2.45) is 5.73 Å². The van der Waals surface area contributed by atoms with Crippen molar-refractivity contribution in [2.75, 3.05) is 0 Å². The number of rotatable bonds is 5. The van der Waals surface area contributed by atoms with Crippen molar-refractivity contribution >= 4 is 28.9 Å². The zero-order valence-electron chi connectivity index (χ0n) is 9.09. The van der Waals surface area contributed by atoms with E-state index >= 15 is 0 Å². The number of allylic oxidation sites excluding steroid dienone is 5. The van der Waals surface area contributed by atoms with E-state index in [1.165, 1.54) is 0 Å². The second-order valence-electron chi connectivity index (χ2n) is 2.94. The first-order valence-electron chi connectivity index (χ1n) is 4.86. The van der Waals surface area contributed by atoms with E-state index in [0.29, 0.717) is 5.03 Å². The van der Waals surface area contributed by atoms with Crippen LogP contribution < -0.4 is 11.1 Å². The van der Waals surface area contributed by atoms with Gasteiger partial charge in [0.25, 0.3) is 0 Å². The molecule has 0 aliphatic heterocycles. The van der Waals surface area contributed by atoms with Crippen molar-refractivity contribution in [1.82, 2.24) is 5.32 Å². The summed E-state index contributed by atoms with van der Waals surface area (Å²) in [6.07, 6.45) is 9.56. The van der Waals surface area contributed by atoms with E-state index in [9.17, 15) is 0 Å². The first-order chi connectivity index (χ1) is 7.10. The van der Waals surface area contributed by atoms with Gasteiger partial charge in [0.1, 0.15) is 0 Å². The molecule has 0 saturated heterocycles. The molecular weight excluding hydrogens is 228 g/mol. The summed E-state index contributed by atoms with van der Waals surface area (Å²) in [4.78, 5) is 0. The maximum atomic E-state index is 5.84. The maximum absolute atomic E-state index is 5.84. The van der Waals surface area contributed by atoms with Gasteiger partial charge in [-0.2, -0.15) is 0 Å². The van der Waals surface area contributed by atoms with Gasteiger partial charge in [-0.1, -0.05) is 37.1 Å². The second-order valence-corrected chi connectivity index (χ2v) is 3.82. The molecule has 0 saturated carbocycles. The van der Waals surface area contributed by atoms with Gasteiger partial charge < -0.3 is 11.1 Å². The van der Waals surface area contributed by atoms with Gasteiger partial charge in [-0.15, -0.1) is 0 Å². The third-order valence-corrected chi connectivity index (χ3v) is 2.06. The Morgan fingerprint density at radius 1 is 1.47 bits per heavy atom. The van der Waals surface area contributed by atoms with Gasteiger partial charge in [0.2, 0.25) is 0 Å². The first-order valence-corrected chi connectivity index (χ1v) is 5.65. The van der Waals surface area contributed by atoms with E-state index < -0.39 is 0 Å². The lowest BCUT2D eigenvalue weighted by atomic mass is 10.2. The first kappa shape index (κ1) is 14.2. The normalized spacial score (nSPS) is 13.3. The van der Waals surface area contributed by atoms with Gasteiger partial charge in [-0.05, 0) is 37.7 Å². The number of thiocarbonyl (C=S) groups is 1. The van der Waals surface area contributed by atoms with Gasteiger partial charge >= 0.3 is 0 Å². The lowest BCUT2D eigenvalue weighted by Crippen LogP contribution is -2.27. The van der Waals surface area contributed by atoms with Crippen LogP contribution in [0.3, 0.4) is 0 Å². The van der Waals surface area contributed by atoms with Crippen molar-refractivity contribution in [3.63, 3.8) is 0 Å². The number of hydrogen-bond acceptors (Lipinski definition) is 1. The summed E-state index contributed by atoms with van der Waals surface area (Å²) < 4.78 is 0. The van der Waals surface area contributed by atoms with Crippen LogP contribution in [0.2, 0.25) is 0 Å². The second kappa shape index (κ2) is 8.50. The third-order valence-electron chi connectivity index (χ3n) is 1.62. The molecule has 0 bridgehead atoms. The van der Waals surface area contributed by atoms with E-state index in [4.69, 9.17) is 29.6 Å². The fraction of sp³-hybridized carbons (Fsp3) is 0.364. The third kappa shape index (κ3) is 8.21. The van der Waals surface area contributed by atoms with Crippen LogP contribution in [0.1, 0.15) is 26.7 Å². The van der Waals surface area contributed by atoms with Crippen molar-refractivity contribution in [2.45, 2.75) is 26.7 Å². The van der Waals surface area contributed by atoms with Gasteiger partial charge in [0.05, 0.1) is 0 Å². The highest BCUT2D eigenvalue weighted by atomic mass is 35.5. The van der Waals surface area contributed by atoms with Gasteiger partial charge in [0, 0.05) is 10.7 Å². The fourth-order valence-electron chi connectivity index (χ4n) is 0.868. The number of hydrogen-bond donors (Lipinski definition) is 2. The van der Waals surface area contributed by atoms with E-state index in [1.807, 2.05) is 25.2 Å². The summed E-state index contributed by atoms with van der Waals surface area (Å²) in [6, 6.07) is 0. The van der Waals surface area contributed by atoms with Gasteiger partial charge in [-0.3, -0.25) is 0 Å². The van der Waals surface area contributed by atoms with E-state index in [0.717, 1.165) is 18.5 Å². The molecule has 15 heavy (non-hydrogen) atoms. The van der Waals surface area contributed by atoms with Crippen molar-refractivity contribution in [3.05, 3.63) is 35.0 Å². The van der Waals surface area contributed by atoms with Crippen molar-refractivity contribution < 1.29 is 0 Å². The number of halogens is 1. The molecule has 0 unspecified atom stereocenters. The smallest absolute Gasteiger partial charge is 0.168 e. The fourth-order valence-corrected chi connectivity index (χ4v) is 1.05. The van der Waals surface area contributed by atoms with Crippen LogP contribution in [-0.2, 0) is 0 Å². The van der Waals surface area contributed by atoms with Crippen LogP contribution in [-0.4, -0.2) is 5.11 Å². The summed E-state index contributed by atoms with van der Waals surface area (Å²) in [7, 11) is 0. The highest BCUT2D eigenvalue weighted by Gasteiger charge is 1.92. The van der Waals surface area contributed by atoms with Crippen molar-refractivity contribution in [1.29, 1.82) is 0 Å². The number of nitrogens with two attached hydrogens (primary N) is 1. The molecule has 0 aliphatic rings. The lowest BCUT2D eigenvalue weighted by molar-refractivity contribution is 0.942. The summed E-state index contributed by atoms with van der Waals surface area (Å²) in [5.74, 6) is 0. The average Bonchev–Trinajstić information content (AvgIpc) is 2.20. The molecule has 0 spiro atoms. The van der Waals surface area contributed by atoms with E-state index in [-0.39, 0.29) is 5.11 Å². The Morgan fingerprint density at radius 2 is 2.13 bits per heavy atom. The summed E-state index contributed by atoms with van der Waals surface area (Å²) in [6.45, 7) is 3.99. The molecule has 0 aromatic rings. The Hall–Kier alpha value is -0.800. The molecule has 0 amide bonds. The predicted octanol–water partition coefficient (Wildman–Crippen LogP) is 3.20. The van der Waals surface area contributed by atoms with Crippen LogP contribution >= 0.6 is 23.8 Å². The summed E-state index contributed by atoms with van der Waals surface area (Å²) in [5.41, 5.74) is 6.28. The largest absolute Gasteiger partial charge is 0.376 e. The summed E-state index contributed by atoms with van der Waals surface area (Å²) >= 11 is 10.6. The standard InChI is InChI=1S/C11H17ClN2S/c1-3-5-6-10(14-11(13)15)8-7-9(12)4-2/h4,6-8H,3,5H2,1-2H3,(H3,13,14,15)/b8-7-,9-4+,10-6-. The quantitative estimate of drug-likeness (QED) is 0.576.